The molecule has 0 unspecified atom stereocenters. The summed E-state index contributed by atoms with van der Waals surface area (Å²) in [5, 5.41) is 3.17. The fraction of sp³-hybridized carbons (Fsp3) is 0.381. The van der Waals surface area contributed by atoms with Gasteiger partial charge in [-0.2, -0.15) is 0 Å². The number of nitrogens with zero attached hydrogens (tertiary/aromatic N) is 2. The number of aliphatic imine (C=N–C) groups is 1. The molecule has 1 saturated heterocycles. The molecule has 0 spiro atoms. The molecule has 5 heteroatoms. The highest BCUT2D eigenvalue weighted by atomic mass is 127. The lowest BCUT2D eigenvalue weighted by Crippen LogP contribution is -2.29. The number of aryl methyl sites for hydroxylation is 1. The van der Waals surface area contributed by atoms with E-state index in [9.17, 15) is 0 Å². The third-order valence-electron chi connectivity index (χ3n) is 4.67. The number of benzene rings is 2. The van der Waals surface area contributed by atoms with Gasteiger partial charge in [-0.15, -0.1) is 24.0 Å². The summed E-state index contributed by atoms with van der Waals surface area (Å²) in [7, 11) is 0. The van der Waals surface area contributed by atoms with Crippen LogP contribution in [0.5, 0.6) is 0 Å². The molecule has 140 valence electrons. The molecule has 0 amide bonds. The zero-order valence-electron chi connectivity index (χ0n) is 15.4. The van der Waals surface area contributed by atoms with Crippen molar-refractivity contribution in [3.8, 4) is 0 Å². The van der Waals surface area contributed by atoms with Gasteiger partial charge in [0.1, 0.15) is 0 Å². The number of piperidine rings is 1. The van der Waals surface area contributed by atoms with E-state index in [1.807, 2.05) is 12.1 Å². The van der Waals surface area contributed by atoms with E-state index in [-0.39, 0.29) is 24.0 Å². The molecule has 0 aliphatic carbocycles. The van der Waals surface area contributed by atoms with Gasteiger partial charge in [-0.25, -0.2) is 4.99 Å². The van der Waals surface area contributed by atoms with Gasteiger partial charge in [0.2, 0.25) is 0 Å². The Labute approximate surface area is 173 Å². The molecule has 2 aromatic carbocycles. The Balaban J connectivity index is 0.00000243. The molecule has 1 aliphatic rings. The molecular weight excluding hydrogens is 435 g/mol. The zero-order chi connectivity index (χ0) is 17.5. The predicted octanol–water partition coefficient (Wildman–Crippen LogP) is 4.53. The van der Waals surface area contributed by atoms with E-state index in [2.05, 4.69) is 58.5 Å². The van der Waals surface area contributed by atoms with E-state index in [0.29, 0.717) is 12.5 Å². The predicted molar refractivity (Wildman–Crippen MR) is 121 cm³/mol. The van der Waals surface area contributed by atoms with Gasteiger partial charge in [-0.05, 0) is 61.7 Å². The van der Waals surface area contributed by atoms with Crippen molar-refractivity contribution in [2.24, 2.45) is 10.7 Å². The van der Waals surface area contributed by atoms with Crippen LogP contribution in [0.25, 0.3) is 0 Å². The number of rotatable bonds is 5. The minimum Gasteiger partial charge on any atom is -0.370 e. The molecule has 0 bridgehead atoms. The lowest BCUT2D eigenvalue weighted by Gasteiger charge is -2.27. The minimum atomic E-state index is 0. The third-order valence-corrected chi connectivity index (χ3v) is 4.67. The van der Waals surface area contributed by atoms with Crippen molar-refractivity contribution in [3.63, 3.8) is 0 Å². The summed E-state index contributed by atoms with van der Waals surface area (Å²) in [6.07, 6.45) is 3.99. The Morgan fingerprint density at radius 3 is 2.50 bits per heavy atom. The molecule has 0 aromatic heterocycles. The van der Waals surface area contributed by atoms with Crippen molar-refractivity contribution >= 4 is 35.6 Å². The van der Waals surface area contributed by atoms with Crippen LogP contribution in [0.4, 0.5) is 5.69 Å². The van der Waals surface area contributed by atoms with Crippen LogP contribution in [0.3, 0.4) is 0 Å². The normalized spacial score (nSPS) is 15.3. The van der Waals surface area contributed by atoms with Crippen molar-refractivity contribution in [2.75, 3.05) is 18.4 Å². The molecule has 0 radical (unpaired) electrons. The lowest BCUT2D eigenvalue weighted by molar-refractivity contribution is 0.220. The first-order valence-corrected chi connectivity index (χ1v) is 9.13. The maximum absolute atomic E-state index is 6.07. The summed E-state index contributed by atoms with van der Waals surface area (Å²) in [6, 6.07) is 16.7. The van der Waals surface area contributed by atoms with E-state index in [4.69, 9.17) is 5.73 Å². The third kappa shape index (κ3) is 6.29. The summed E-state index contributed by atoms with van der Waals surface area (Å²) >= 11 is 0. The molecular formula is C21H29IN4. The second kappa shape index (κ2) is 10.5. The van der Waals surface area contributed by atoms with Crippen molar-refractivity contribution < 1.29 is 0 Å². The minimum absolute atomic E-state index is 0. The van der Waals surface area contributed by atoms with Gasteiger partial charge in [0.25, 0.3) is 0 Å². The maximum atomic E-state index is 6.07. The summed E-state index contributed by atoms with van der Waals surface area (Å²) < 4.78 is 0. The smallest absolute Gasteiger partial charge is 0.193 e. The topological polar surface area (TPSA) is 53.6 Å². The quantitative estimate of drug-likeness (QED) is 0.389. The summed E-state index contributed by atoms with van der Waals surface area (Å²) in [6.45, 7) is 6.09. The van der Waals surface area contributed by atoms with E-state index in [1.165, 1.54) is 49.0 Å². The molecule has 0 saturated carbocycles. The molecule has 26 heavy (non-hydrogen) atoms. The van der Waals surface area contributed by atoms with Gasteiger partial charge in [-0.1, -0.05) is 42.8 Å². The van der Waals surface area contributed by atoms with Crippen molar-refractivity contribution in [1.29, 1.82) is 0 Å². The number of likely N-dealkylation sites (tertiary alicyclic amines) is 1. The largest absolute Gasteiger partial charge is 0.370 e. The Bertz CT molecular complexity index is 723. The highest BCUT2D eigenvalue weighted by molar-refractivity contribution is 14.0. The number of nitrogens with two attached hydrogens (primary N) is 1. The van der Waals surface area contributed by atoms with Gasteiger partial charge in [-0.3, -0.25) is 4.90 Å². The SMILES string of the molecule is Cc1cccc(NC(N)=NCc2ccccc2CN2CCCCC2)c1.I. The molecule has 3 rings (SSSR count). The van der Waals surface area contributed by atoms with E-state index in [1.54, 1.807) is 0 Å². The molecule has 1 fully saturated rings. The molecule has 4 nitrogen and oxygen atoms in total. The summed E-state index contributed by atoms with van der Waals surface area (Å²) in [5.41, 5.74) is 10.8. The Hall–Kier alpha value is -1.60. The highest BCUT2D eigenvalue weighted by Gasteiger charge is 2.12. The number of guanidine groups is 1. The highest BCUT2D eigenvalue weighted by Crippen LogP contribution is 2.17. The summed E-state index contributed by atoms with van der Waals surface area (Å²) in [4.78, 5) is 7.08. The van der Waals surface area contributed by atoms with Gasteiger partial charge in [0.15, 0.2) is 5.96 Å². The average Bonchev–Trinajstić information content (AvgIpc) is 2.62. The number of anilines is 1. The van der Waals surface area contributed by atoms with E-state index < -0.39 is 0 Å². The second-order valence-corrected chi connectivity index (χ2v) is 6.80. The molecule has 0 atom stereocenters. The first-order valence-electron chi connectivity index (χ1n) is 9.13. The molecule has 3 N–H and O–H groups in total. The van der Waals surface area contributed by atoms with E-state index in [0.717, 1.165) is 12.2 Å². The van der Waals surface area contributed by atoms with Crippen molar-refractivity contribution in [3.05, 3.63) is 65.2 Å². The van der Waals surface area contributed by atoms with Crippen LogP contribution in [-0.4, -0.2) is 23.9 Å². The van der Waals surface area contributed by atoms with Crippen LogP contribution < -0.4 is 11.1 Å². The fourth-order valence-corrected chi connectivity index (χ4v) is 3.30. The number of hydrogen-bond acceptors (Lipinski definition) is 2. The van der Waals surface area contributed by atoms with Crippen LogP contribution in [0, 0.1) is 6.92 Å². The number of nitrogens with one attached hydrogen (secondary N) is 1. The van der Waals surface area contributed by atoms with Crippen LogP contribution >= 0.6 is 24.0 Å². The first-order chi connectivity index (χ1) is 12.2. The standard InChI is InChI=1S/C21H28N4.HI/c1-17-8-7-11-20(14-17)24-21(22)23-15-18-9-3-4-10-19(18)16-25-12-5-2-6-13-25;/h3-4,7-11,14H,2,5-6,12-13,15-16H2,1H3,(H3,22,23,24);1H. The van der Waals surface area contributed by atoms with Crippen LogP contribution in [-0.2, 0) is 13.1 Å². The van der Waals surface area contributed by atoms with Crippen molar-refractivity contribution in [1.82, 2.24) is 4.90 Å². The first kappa shape index (κ1) is 20.7. The fourth-order valence-electron chi connectivity index (χ4n) is 3.30. The monoisotopic (exact) mass is 464 g/mol. The molecule has 2 aromatic rings. The molecule has 1 aliphatic heterocycles. The average molecular weight is 464 g/mol. The second-order valence-electron chi connectivity index (χ2n) is 6.80. The van der Waals surface area contributed by atoms with Gasteiger partial charge in [0, 0.05) is 12.2 Å². The van der Waals surface area contributed by atoms with Gasteiger partial charge >= 0.3 is 0 Å². The number of halogens is 1. The van der Waals surface area contributed by atoms with Crippen LogP contribution in [0.15, 0.2) is 53.5 Å². The van der Waals surface area contributed by atoms with Crippen molar-refractivity contribution in [2.45, 2.75) is 39.3 Å². The Morgan fingerprint density at radius 1 is 1.04 bits per heavy atom. The van der Waals surface area contributed by atoms with Gasteiger partial charge in [0.05, 0.1) is 6.54 Å². The summed E-state index contributed by atoms with van der Waals surface area (Å²) in [5.74, 6) is 0.457. The maximum Gasteiger partial charge on any atom is 0.193 e. The zero-order valence-corrected chi connectivity index (χ0v) is 17.8. The van der Waals surface area contributed by atoms with E-state index >= 15 is 0 Å². The van der Waals surface area contributed by atoms with Crippen LogP contribution in [0.1, 0.15) is 36.0 Å². The molecule has 1 heterocycles. The van der Waals surface area contributed by atoms with Gasteiger partial charge < -0.3 is 11.1 Å². The Morgan fingerprint density at radius 2 is 1.77 bits per heavy atom. The number of hydrogen-bond donors (Lipinski definition) is 2. The van der Waals surface area contributed by atoms with Crippen LogP contribution in [0.2, 0.25) is 0 Å². The lowest BCUT2D eigenvalue weighted by atomic mass is 10.1. The Kier molecular flexibility index (Phi) is 8.38.